The second kappa shape index (κ2) is 22.7. The molecule has 6 radical (unpaired) electrons. The molecule has 0 aliphatic heterocycles. The van der Waals surface area contributed by atoms with Crippen molar-refractivity contribution in [2.24, 2.45) is 0 Å². The molecule has 0 amide bonds. The van der Waals surface area contributed by atoms with Crippen LogP contribution in [0.1, 0.15) is 65.2 Å². The van der Waals surface area contributed by atoms with Crippen molar-refractivity contribution in [3.63, 3.8) is 0 Å². The van der Waals surface area contributed by atoms with Gasteiger partial charge in [0.25, 0.3) is 0 Å². The predicted molar refractivity (Wildman–Crippen MR) is 83.7 cm³/mol. The standard InChI is InChI=1S/2C4H6O4.2C4H9.Sn/c2*5-3(6)1-2-4(7)8;2*1-3-4-2;/h2*1-2H2,(H,5,6)(H,7,8);2*1,3-4H2,2H3;/q;;;;+4/p-4. The molecular formula is C16H26O8Sn. The van der Waals surface area contributed by atoms with Gasteiger partial charge in [-0.15, -0.1) is 0 Å². The zero-order chi connectivity index (χ0) is 20.1. The van der Waals surface area contributed by atoms with Gasteiger partial charge in [0.1, 0.15) is 0 Å². The summed E-state index contributed by atoms with van der Waals surface area (Å²) in [7, 11) is 0. The SMILES string of the molecule is CCC[CH2][Sn+4][CH2]CCC.O=C([O-])CCC(=O)[O-].O=C([O-])CCC(=O)[O-]. The van der Waals surface area contributed by atoms with Crippen LogP contribution < -0.4 is 20.4 Å². The molecule has 0 aromatic carbocycles. The van der Waals surface area contributed by atoms with Crippen molar-refractivity contribution >= 4 is 45.0 Å². The number of carboxylic acids is 4. The molecule has 0 bridgehead atoms. The van der Waals surface area contributed by atoms with Gasteiger partial charge in [-0.25, -0.2) is 0 Å². The second-order valence-corrected chi connectivity index (χ2v) is 9.23. The number of aliphatic carboxylic acids is 4. The summed E-state index contributed by atoms with van der Waals surface area (Å²) in [5.74, 6) is -5.47. The van der Waals surface area contributed by atoms with E-state index in [0.29, 0.717) is 0 Å². The molecule has 0 aromatic rings. The topological polar surface area (TPSA) is 161 Å². The molecule has 0 aliphatic carbocycles. The summed E-state index contributed by atoms with van der Waals surface area (Å²) >= 11 is 0.149. The summed E-state index contributed by atoms with van der Waals surface area (Å²) in [6.45, 7) is 4.58. The fraction of sp³-hybridized carbons (Fsp3) is 0.750. The zero-order valence-electron chi connectivity index (χ0n) is 14.8. The Morgan fingerprint density at radius 2 is 0.840 bits per heavy atom. The van der Waals surface area contributed by atoms with Crippen molar-refractivity contribution in [2.45, 2.75) is 74.1 Å². The Labute approximate surface area is 158 Å². The van der Waals surface area contributed by atoms with Gasteiger partial charge in [-0.3, -0.25) is 0 Å². The Balaban J connectivity index is -0.000000291. The van der Waals surface area contributed by atoms with Crippen molar-refractivity contribution in [1.82, 2.24) is 0 Å². The quantitative estimate of drug-likeness (QED) is 0.229. The molecule has 0 atom stereocenters. The number of hydrogen-bond acceptors (Lipinski definition) is 8. The minimum atomic E-state index is -1.37. The van der Waals surface area contributed by atoms with Crippen molar-refractivity contribution in [1.29, 1.82) is 0 Å². The fourth-order valence-corrected chi connectivity index (χ4v) is 5.30. The van der Waals surface area contributed by atoms with Gasteiger partial charge >= 0.3 is 69.5 Å². The minimum absolute atomic E-state index is 0.149. The first-order valence-corrected chi connectivity index (χ1v) is 12.2. The molecule has 0 unspecified atom stereocenters. The summed E-state index contributed by atoms with van der Waals surface area (Å²) in [6.07, 6.45) is 3.96. The molecule has 0 aliphatic rings. The van der Waals surface area contributed by atoms with Crippen molar-refractivity contribution in [3.05, 3.63) is 0 Å². The molecule has 142 valence electrons. The minimum Gasteiger partial charge on any atom is -0.550 e. The number of carbonyl (C=O) groups is 4. The van der Waals surface area contributed by atoms with E-state index >= 15 is 0 Å². The number of unbranched alkanes of at least 4 members (excludes halogenated alkanes) is 2. The molecule has 0 N–H and O–H groups in total. The first kappa shape index (κ1) is 28.5. The molecule has 0 spiro atoms. The van der Waals surface area contributed by atoms with Gasteiger partial charge < -0.3 is 39.6 Å². The monoisotopic (exact) mass is 466 g/mol. The third kappa shape index (κ3) is 45.0. The molecule has 0 aromatic heterocycles. The maximum absolute atomic E-state index is 9.50. The Kier molecular flexibility index (Phi) is 25.8. The molecule has 8 nitrogen and oxygen atoms in total. The Hall–Kier alpha value is -1.32. The normalized spacial score (nSPS) is 9.04. The van der Waals surface area contributed by atoms with Crippen LogP contribution in [0.4, 0.5) is 0 Å². The fourth-order valence-electron chi connectivity index (χ4n) is 1.14. The molecule has 0 heterocycles. The van der Waals surface area contributed by atoms with Crippen LogP contribution >= 0.6 is 0 Å². The largest absolute Gasteiger partial charge is 0.550 e. The van der Waals surface area contributed by atoms with Crippen LogP contribution in [0.3, 0.4) is 0 Å². The van der Waals surface area contributed by atoms with Crippen LogP contribution in [0, 0.1) is 0 Å². The average molecular weight is 465 g/mol. The van der Waals surface area contributed by atoms with E-state index in [4.69, 9.17) is 0 Å². The second-order valence-electron chi connectivity index (χ2n) is 4.95. The van der Waals surface area contributed by atoms with E-state index in [-0.39, 0.29) is 21.1 Å². The first-order chi connectivity index (χ1) is 11.7. The first-order valence-electron chi connectivity index (χ1n) is 8.17. The van der Waals surface area contributed by atoms with E-state index in [9.17, 15) is 39.6 Å². The van der Waals surface area contributed by atoms with Gasteiger partial charge in [0.2, 0.25) is 0 Å². The van der Waals surface area contributed by atoms with E-state index in [2.05, 4.69) is 13.8 Å². The van der Waals surface area contributed by atoms with E-state index in [1.807, 2.05) is 0 Å². The van der Waals surface area contributed by atoms with Crippen LogP contribution in [0.5, 0.6) is 0 Å². The van der Waals surface area contributed by atoms with E-state index in [1.165, 1.54) is 25.7 Å². The van der Waals surface area contributed by atoms with Gasteiger partial charge in [0, 0.05) is 23.9 Å². The number of hydrogen-bond donors (Lipinski definition) is 0. The van der Waals surface area contributed by atoms with E-state index < -0.39 is 49.6 Å². The van der Waals surface area contributed by atoms with Gasteiger partial charge in [0.15, 0.2) is 0 Å². The summed E-state index contributed by atoms with van der Waals surface area (Å²) in [6, 6.07) is 0. The van der Waals surface area contributed by atoms with E-state index in [1.54, 1.807) is 8.87 Å². The molecular weight excluding hydrogens is 439 g/mol. The van der Waals surface area contributed by atoms with E-state index in [0.717, 1.165) is 0 Å². The smallest absolute Gasteiger partial charge is 0.0418 e. The van der Waals surface area contributed by atoms with Gasteiger partial charge in [0.05, 0.1) is 0 Å². The number of carbonyl (C=O) groups excluding carboxylic acids is 4. The van der Waals surface area contributed by atoms with Crippen LogP contribution in [-0.4, -0.2) is 45.0 Å². The summed E-state index contributed by atoms with van der Waals surface area (Å²) in [4.78, 5) is 38.0. The number of carboxylic acid groups (broad SMARTS) is 4. The van der Waals surface area contributed by atoms with Crippen molar-refractivity contribution in [3.8, 4) is 0 Å². The van der Waals surface area contributed by atoms with Crippen LogP contribution in [0.25, 0.3) is 0 Å². The summed E-state index contributed by atoms with van der Waals surface area (Å²) in [5, 5.41) is 38.0. The third-order valence-electron chi connectivity index (χ3n) is 2.48. The molecule has 0 rings (SSSR count). The summed E-state index contributed by atoms with van der Waals surface area (Å²) in [5.41, 5.74) is 0. The predicted octanol–water partition coefficient (Wildman–Crippen LogP) is -2.34. The molecule has 0 fully saturated rings. The van der Waals surface area contributed by atoms with Crippen LogP contribution in [0.15, 0.2) is 0 Å². The molecule has 0 saturated heterocycles. The van der Waals surface area contributed by atoms with Crippen LogP contribution in [-0.2, 0) is 19.2 Å². The van der Waals surface area contributed by atoms with Gasteiger partial charge in [-0.05, 0) is 25.7 Å². The molecule has 9 heteroatoms. The van der Waals surface area contributed by atoms with Crippen LogP contribution in [0.2, 0.25) is 8.87 Å². The van der Waals surface area contributed by atoms with Gasteiger partial charge in [-0.2, -0.15) is 0 Å². The average Bonchev–Trinajstić information content (AvgIpc) is 2.52. The Morgan fingerprint density at radius 1 is 0.600 bits per heavy atom. The van der Waals surface area contributed by atoms with Crippen molar-refractivity contribution in [2.75, 3.05) is 0 Å². The number of rotatable bonds is 12. The zero-order valence-corrected chi connectivity index (χ0v) is 17.7. The molecule has 0 saturated carbocycles. The maximum Gasteiger partial charge on any atom is 0.0418 e. The maximum atomic E-state index is 9.50. The Bertz CT molecular complexity index is 309. The van der Waals surface area contributed by atoms with Crippen molar-refractivity contribution < 1.29 is 39.6 Å². The molecule has 25 heavy (non-hydrogen) atoms. The third-order valence-corrected chi connectivity index (χ3v) is 6.52. The summed E-state index contributed by atoms with van der Waals surface area (Å²) < 4.78 is 3.25. The Morgan fingerprint density at radius 3 is 1.00 bits per heavy atom. The van der Waals surface area contributed by atoms with Gasteiger partial charge in [-0.1, -0.05) is 0 Å².